The van der Waals surface area contributed by atoms with Gasteiger partial charge in [0.15, 0.2) is 5.78 Å². The summed E-state index contributed by atoms with van der Waals surface area (Å²) in [6.07, 6.45) is 0.978. The maximum absolute atomic E-state index is 13.2. The second kappa shape index (κ2) is 7.03. The molecule has 0 saturated heterocycles. The smallest absolute Gasteiger partial charge is 0.226 e. The number of nitrogens with zero attached hydrogens (tertiary/aromatic N) is 2. The van der Waals surface area contributed by atoms with Crippen LogP contribution in [0.25, 0.3) is 5.69 Å². The normalized spacial score (nSPS) is 15.8. The molecule has 0 bridgehead atoms. The summed E-state index contributed by atoms with van der Waals surface area (Å²) in [7, 11) is 0. The van der Waals surface area contributed by atoms with Gasteiger partial charge in [-0.05, 0) is 55.3 Å². The van der Waals surface area contributed by atoms with Crippen LogP contribution in [0.4, 0.5) is 10.2 Å². The van der Waals surface area contributed by atoms with Crippen LogP contribution in [-0.4, -0.2) is 21.5 Å². The third-order valence-electron chi connectivity index (χ3n) is 5.14. The lowest BCUT2D eigenvalue weighted by atomic mass is 9.85. The number of nitrogens with one attached hydrogen (secondary N) is 1. The number of aromatic nitrogens is 2. The molecule has 3 aromatic rings. The van der Waals surface area contributed by atoms with E-state index in [2.05, 4.69) is 17.3 Å². The van der Waals surface area contributed by atoms with Crippen LogP contribution >= 0.6 is 0 Å². The zero-order valence-electron chi connectivity index (χ0n) is 15.7. The molecule has 1 aliphatic rings. The van der Waals surface area contributed by atoms with Crippen LogP contribution in [0.2, 0.25) is 0 Å². The molecule has 6 heteroatoms. The van der Waals surface area contributed by atoms with Gasteiger partial charge in [-0.15, -0.1) is 0 Å². The maximum Gasteiger partial charge on any atom is 0.226 e. The van der Waals surface area contributed by atoms with Crippen molar-refractivity contribution in [3.05, 3.63) is 76.7 Å². The highest BCUT2D eigenvalue weighted by Crippen LogP contribution is 2.38. The number of Topliss-reactive ketones (excluding diaryl/α,β-unsaturated/α-hetero) is 1. The van der Waals surface area contributed by atoms with Gasteiger partial charge in [0.25, 0.3) is 0 Å². The molecule has 2 aromatic carbocycles. The zero-order valence-corrected chi connectivity index (χ0v) is 15.7. The third kappa shape index (κ3) is 3.11. The van der Waals surface area contributed by atoms with Crippen molar-refractivity contribution in [2.75, 3.05) is 5.32 Å². The number of benzene rings is 2. The van der Waals surface area contributed by atoms with Gasteiger partial charge < -0.3 is 5.32 Å². The quantitative estimate of drug-likeness (QED) is 0.694. The molecule has 1 atom stereocenters. The fourth-order valence-electron chi connectivity index (χ4n) is 3.65. The Morgan fingerprint density at radius 2 is 1.86 bits per heavy atom. The molecule has 0 saturated carbocycles. The van der Waals surface area contributed by atoms with Gasteiger partial charge in [0.1, 0.15) is 11.6 Å². The average Bonchev–Trinajstić information content (AvgIpc) is 3.03. The summed E-state index contributed by atoms with van der Waals surface area (Å²) >= 11 is 0. The first kappa shape index (κ1) is 18.1. The number of anilines is 1. The minimum absolute atomic E-state index is 0.0461. The lowest BCUT2D eigenvalue weighted by Gasteiger charge is -2.23. The van der Waals surface area contributed by atoms with Crippen molar-refractivity contribution in [3.8, 4) is 5.69 Å². The number of fused-ring (bicyclic) bond motifs is 1. The van der Waals surface area contributed by atoms with Gasteiger partial charge in [0, 0.05) is 17.5 Å². The van der Waals surface area contributed by atoms with Crippen LogP contribution in [0.15, 0.2) is 48.5 Å². The first-order chi connectivity index (χ1) is 13.5. The lowest BCUT2D eigenvalue weighted by Crippen LogP contribution is -2.28. The predicted molar refractivity (Wildman–Crippen MR) is 104 cm³/mol. The van der Waals surface area contributed by atoms with E-state index in [1.54, 1.807) is 4.68 Å². The largest absolute Gasteiger partial charge is 0.310 e. The molecule has 0 fully saturated rings. The molecule has 1 unspecified atom stereocenters. The lowest BCUT2D eigenvalue weighted by molar-refractivity contribution is -0.116. The summed E-state index contributed by atoms with van der Waals surface area (Å²) in [6, 6.07) is 13.3. The number of hydrogen-bond acceptors (Lipinski definition) is 3. The number of rotatable bonds is 4. The number of ketones is 1. The highest BCUT2D eigenvalue weighted by Gasteiger charge is 2.36. The molecule has 1 aromatic heterocycles. The molecule has 0 spiro atoms. The molecular formula is C22H20FN3O2. The standard InChI is InChI=1S/C22H20FN3O2/c1-3-14-4-10-17(11-5-14)26-22-20(13(2)25-26)18(12-19(27)24-22)21(28)15-6-8-16(23)9-7-15/h4-11,18H,3,12H2,1-2H3,(H,24,27). The first-order valence-corrected chi connectivity index (χ1v) is 9.26. The molecule has 0 radical (unpaired) electrons. The number of carbonyl (C=O) groups excluding carboxylic acids is 2. The van der Waals surface area contributed by atoms with Crippen molar-refractivity contribution in [1.29, 1.82) is 0 Å². The molecule has 0 aliphatic carbocycles. The van der Waals surface area contributed by atoms with Gasteiger partial charge in [0.2, 0.25) is 5.91 Å². The van der Waals surface area contributed by atoms with Crippen molar-refractivity contribution in [3.63, 3.8) is 0 Å². The summed E-state index contributed by atoms with van der Waals surface area (Å²) in [4.78, 5) is 25.4. The van der Waals surface area contributed by atoms with Crippen molar-refractivity contribution in [1.82, 2.24) is 9.78 Å². The van der Waals surface area contributed by atoms with E-state index >= 15 is 0 Å². The highest BCUT2D eigenvalue weighted by molar-refractivity contribution is 6.07. The Hall–Kier alpha value is -3.28. The number of halogens is 1. The van der Waals surface area contributed by atoms with E-state index in [0.29, 0.717) is 22.6 Å². The molecule has 142 valence electrons. The van der Waals surface area contributed by atoms with Crippen molar-refractivity contribution in [2.45, 2.75) is 32.6 Å². The Balaban J connectivity index is 1.78. The number of amides is 1. The molecule has 5 nitrogen and oxygen atoms in total. The molecule has 1 amide bonds. The Kier molecular flexibility index (Phi) is 4.55. The van der Waals surface area contributed by atoms with E-state index in [9.17, 15) is 14.0 Å². The maximum atomic E-state index is 13.2. The van der Waals surface area contributed by atoms with E-state index in [1.807, 2.05) is 31.2 Å². The van der Waals surface area contributed by atoms with E-state index in [0.717, 1.165) is 12.1 Å². The van der Waals surface area contributed by atoms with Gasteiger partial charge in [-0.3, -0.25) is 9.59 Å². The summed E-state index contributed by atoms with van der Waals surface area (Å²) in [5.74, 6) is -0.964. The first-order valence-electron chi connectivity index (χ1n) is 9.26. The fraction of sp³-hybridized carbons (Fsp3) is 0.227. The van der Waals surface area contributed by atoms with E-state index in [4.69, 9.17) is 0 Å². The van der Waals surface area contributed by atoms with Gasteiger partial charge >= 0.3 is 0 Å². The number of aryl methyl sites for hydroxylation is 2. The molecule has 28 heavy (non-hydrogen) atoms. The second-order valence-corrected chi connectivity index (χ2v) is 6.96. The van der Waals surface area contributed by atoms with Crippen LogP contribution in [0.1, 0.15) is 46.4 Å². The summed E-state index contributed by atoms with van der Waals surface area (Å²) in [5, 5.41) is 7.45. The molecular weight excluding hydrogens is 357 g/mol. The Bertz CT molecular complexity index is 1050. The van der Waals surface area contributed by atoms with E-state index in [-0.39, 0.29) is 18.1 Å². The Labute approximate surface area is 162 Å². The minimum Gasteiger partial charge on any atom is -0.310 e. The van der Waals surface area contributed by atoms with Crippen LogP contribution in [0, 0.1) is 12.7 Å². The van der Waals surface area contributed by atoms with Crippen LogP contribution < -0.4 is 5.32 Å². The summed E-state index contributed by atoms with van der Waals surface area (Å²) < 4.78 is 14.9. The van der Waals surface area contributed by atoms with Crippen LogP contribution in [-0.2, 0) is 11.2 Å². The minimum atomic E-state index is -0.641. The van der Waals surface area contributed by atoms with Crippen LogP contribution in [0.5, 0.6) is 0 Å². The molecule has 4 rings (SSSR count). The van der Waals surface area contributed by atoms with Crippen LogP contribution in [0.3, 0.4) is 0 Å². The number of hydrogen-bond donors (Lipinski definition) is 1. The topological polar surface area (TPSA) is 64.0 Å². The predicted octanol–water partition coefficient (Wildman–Crippen LogP) is 4.19. The van der Waals surface area contributed by atoms with Crippen molar-refractivity contribution >= 4 is 17.5 Å². The van der Waals surface area contributed by atoms with Gasteiger partial charge in [0.05, 0.1) is 17.3 Å². The SMILES string of the molecule is CCc1ccc(-n2nc(C)c3c2NC(=O)CC3C(=O)c2ccc(F)cc2)cc1. The van der Waals surface area contributed by atoms with E-state index < -0.39 is 11.7 Å². The van der Waals surface area contributed by atoms with Gasteiger partial charge in [-0.2, -0.15) is 5.10 Å². The fourth-order valence-corrected chi connectivity index (χ4v) is 3.65. The monoisotopic (exact) mass is 377 g/mol. The van der Waals surface area contributed by atoms with E-state index in [1.165, 1.54) is 29.8 Å². The summed E-state index contributed by atoms with van der Waals surface area (Å²) in [5.41, 5.74) is 3.81. The molecule has 2 heterocycles. The van der Waals surface area contributed by atoms with Gasteiger partial charge in [-0.25, -0.2) is 9.07 Å². The highest BCUT2D eigenvalue weighted by atomic mass is 19.1. The van der Waals surface area contributed by atoms with Crippen molar-refractivity contribution < 1.29 is 14.0 Å². The Morgan fingerprint density at radius 3 is 2.50 bits per heavy atom. The average molecular weight is 377 g/mol. The van der Waals surface area contributed by atoms with Crippen molar-refractivity contribution in [2.24, 2.45) is 0 Å². The third-order valence-corrected chi connectivity index (χ3v) is 5.14. The Morgan fingerprint density at radius 1 is 1.18 bits per heavy atom. The summed E-state index contributed by atoms with van der Waals surface area (Å²) in [6.45, 7) is 3.92. The number of carbonyl (C=O) groups is 2. The molecule has 1 N–H and O–H groups in total. The molecule has 1 aliphatic heterocycles. The zero-order chi connectivity index (χ0) is 19.8. The van der Waals surface area contributed by atoms with Gasteiger partial charge in [-0.1, -0.05) is 19.1 Å². The second-order valence-electron chi connectivity index (χ2n) is 6.96.